The number of hydrogen-bond acceptors (Lipinski definition) is 6. The monoisotopic (exact) mass is 464 g/mol. The maximum atomic E-state index is 12.8. The van der Waals surface area contributed by atoms with Crippen LogP contribution in [0.15, 0.2) is 53.6 Å². The van der Waals surface area contributed by atoms with Crippen molar-refractivity contribution in [3.05, 3.63) is 58.6 Å². The van der Waals surface area contributed by atoms with E-state index in [1.807, 2.05) is 0 Å². The largest absolute Gasteiger partial charge is 0.484 e. The molecule has 1 fully saturated rings. The topological polar surface area (TPSA) is 100 Å². The number of rotatable bonds is 6. The van der Waals surface area contributed by atoms with Crippen molar-refractivity contribution in [2.24, 2.45) is 11.0 Å². The molecular weight excluding hydrogens is 451 g/mol. The van der Waals surface area contributed by atoms with Crippen molar-refractivity contribution >= 4 is 70.2 Å². The highest BCUT2D eigenvalue weighted by atomic mass is 35.5. The van der Waals surface area contributed by atoms with Gasteiger partial charge in [0.05, 0.1) is 5.69 Å². The number of halogens is 2. The number of thiocarbonyl (C=S) groups is 1. The van der Waals surface area contributed by atoms with Crippen LogP contribution in [0.25, 0.3) is 0 Å². The van der Waals surface area contributed by atoms with Gasteiger partial charge in [0.2, 0.25) is 5.91 Å². The molecule has 0 unspecified atom stereocenters. The predicted octanol–water partition coefficient (Wildman–Crippen LogP) is 2.54. The van der Waals surface area contributed by atoms with Crippen molar-refractivity contribution in [2.75, 3.05) is 11.5 Å². The summed E-state index contributed by atoms with van der Waals surface area (Å²) in [6, 6.07) is 12.8. The van der Waals surface area contributed by atoms with Crippen LogP contribution in [0.4, 0.5) is 5.69 Å². The number of carbonyl (C=O) groups is 3. The molecule has 3 amide bonds. The number of benzene rings is 2. The van der Waals surface area contributed by atoms with Gasteiger partial charge in [-0.2, -0.15) is 5.10 Å². The van der Waals surface area contributed by atoms with Crippen LogP contribution in [0, 0.1) is 5.92 Å². The van der Waals surface area contributed by atoms with Crippen LogP contribution in [-0.2, 0) is 14.4 Å². The lowest BCUT2D eigenvalue weighted by molar-refractivity contribution is -0.130. The Hall–Kier alpha value is -3.01. The third kappa shape index (κ3) is 5.32. The molecule has 0 aromatic heterocycles. The van der Waals surface area contributed by atoms with Gasteiger partial charge in [0.15, 0.2) is 17.6 Å². The lowest BCUT2D eigenvalue weighted by atomic mass is 10.1. The highest BCUT2D eigenvalue weighted by molar-refractivity contribution is 7.80. The number of carbonyl (C=O) groups excluding carboxylic acids is 3. The molecule has 2 N–H and O–H groups in total. The van der Waals surface area contributed by atoms with E-state index in [1.165, 1.54) is 0 Å². The number of anilines is 1. The summed E-state index contributed by atoms with van der Waals surface area (Å²) in [5, 5.41) is 7.10. The average Bonchev–Trinajstić information content (AvgIpc) is 2.71. The van der Waals surface area contributed by atoms with Gasteiger partial charge in [-0.05, 0) is 60.7 Å². The highest BCUT2D eigenvalue weighted by Crippen LogP contribution is 2.22. The second kappa shape index (κ2) is 9.66. The van der Waals surface area contributed by atoms with E-state index < -0.39 is 23.6 Å². The fraction of sp³-hybridized carbons (Fsp3) is 0.105. The molecule has 1 aliphatic rings. The molecule has 2 aromatic rings. The quantitative estimate of drug-likeness (QED) is 0.296. The highest BCUT2D eigenvalue weighted by Gasteiger charge is 2.38. The van der Waals surface area contributed by atoms with Gasteiger partial charge in [0.25, 0.3) is 11.8 Å². The molecule has 1 heterocycles. The predicted molar refractivity (Wildman–Crippen MR) is 117 cm³/mol. The van der Waals surface area contributed by atoms with Crippen molar-refractivity contribution in [1.82, 2.24) is 10.7 Å². The lowest BCUT2D eigenvalue weighted by Crippen LogP contribution is -2.58. The van der Waals surface area contributed by atoms with Crippen LogP contribution >= 0.6 is 35.4 Å². The van der Waals surface area contributed by atoms with Gasteiger partial charge in [-0.3, -0.25) is 19.3 Å². The molecule has 0 saturated carbocycles. The summed E-state index contributed by atoms with van der Waals surface area (Å²) >= 11 is 16.7. The molecule has 154 valence electrons. The summed E-state index contributed by atoms with van der Waals surface area (Å²) < 4.78 is 5.28. The van der Waals surface area contributed by atoms with E-state index in [9.17, 15) is 14.4 Å². The zero-order chi connectivity index (χ0) is 21.7. The van der Waals surface area contributed by atoms with Gasteiger partial charge in [-0.25, -0.2) is 5.43 Å². The first-order chi connectivity index (χ1) is 14.3. The second-order valence-corrected chi connectivity index (χ2v) is 7.24. The van der Waals surface area contributed by atoms with Crippen LogP contribution in [-0.4, -0.2) is 35.7 Å². The van der Waals surface area contributed by atoms with Crippen molar-refractivity contribution in [1.29, 1.82) is 0 Å². The van der Waals surface area contributed by atoms with Crippen LogP contribution in [0.5, 0.6) is 5.75 Å². The zero-order valence-corrected chi connectivity index (χ0v) is 17.5. The third-order valence-corrected chi connectivity index (χ3v) is 4.67. The summed E-state index contributed by atoms with van der Waals surface area (Å²) in [5.41, 5.74) is 2.64. The first-order valence-corrected chi connectivity index (χ1v) is 9.66. The van der Waals surface area contributed by atoms with E-state index in [2.05, 4.69) is 15.8 Å². The minimum absolute atomic E-state index is 0.0580. The Kier molecular flexibility index (Phi) is 6.99. The Labute approximate surface area is 186 Å². The minimum Gasteiger partial charge on any atom is -0.484 e. The smallest absolute Gasteiger partial charge is 0.277 e. The van der Waals surface area contributed by atoms with E-state index in [0.29, 0.717) is 21.5 Å². The number of nitrogens with zero attached hydrogens (tertiary/aromatic N) is 2. The molecule has 11 heteroatoms. The Morgan fingerprint density at radius 3 is 2.37 bits per heavy atom. The Morgan fingerprint density at radius 2 is 1.73 bits per heavy atom. The van der Waals surface area contributed by atoms with Crippen molar-refractivity contribution in [3.63, 3.8) is 0 Å². The van der Waals surface area contributed by atoms with Crippen LogP contribution < -0.4 is 20.4 Å². The van der Waals surface area contributed by atoms with Crippen molar-refractivity contribution in [2.45, 2.75) is 0 Å². The molecule has 2 aromatic carbocycles. The van der Waals surface area contributed by atoms with Gasteiger partial charge in [-0.15, -0.1) is 0 Å². The average molecular weight is 465 g/mol. The summed E-state index contributed by atoms with van der Waals surface area (Å²) in [5.74, 6) is -2.65. The van der Waals surface area contributed by atoms with E-state index >= 15 is 0 Å². The molecule has 1 aliphatic heterocycles. The molecule has 1 saturated heterocycles. The number of hydrogen-bond donors (Lipinski definition) is 2. The van der Waals surface area contributed by atoms with Gasteiger partial charge in [0.1, 0.15) is 5.75 Å². The minimum atomic E-state index is -1.27. The first-order valence-electron chi connectivity index (χ1n) is 8.50. The Bertz CT molecular complexity index is 1010. The van der Waals surface area contributed by atoms with Crippen molar-refractivity contribution < 1.29 is 19.1 Å². The molecule has 1 atom stereocenters. The Balaban J connectivity index is 1.60. The summed E-state index contributed by atoms with van der Waals surface area (Å²) in [4.78, 5) is 37.9. The SMILES string of the molecule is O=C(COc1ccc(Cl)cc1)N/N=C\[C@@H]1C(=O)NC(=S)N(c2ccc(Cl)cc2)C1=O. The van der Waals surface area contributed by atoms with E-state index in [4.69, 9.17) is 40.2 Å². The van der Waals surface area contributed by atoms with E-state index in [0.717, 1.165) is 11.1 Å². The molecule has 8 nitrogen and oxygen atoms in total. The molecule has 0 aliphatic carbocycles. The van der Waals surface area contributed by atoms with Crippen molar-refractivity contribution in [3.8, 4) is 5.75 Å². The molecule has 0 radical (unpaired) electrons. The molecular formula is C19H14Cl2N4O4S. The number of hydrazone groups is 1. The van der Waals surface area contributed by atoms with Gasteiger partial charge < -0.3 is 10.1 Å². The summed E-state index contributed by atoms with van der Waals surface area (Å²) in [6.45, 7) is -0.315. The van der Waals surface area contributed by atoms with Gasteiger partial charge >= 0.3 is 0 Å². The first kappa shape index (κ1) is 21.7. The Morgan fingerprint density at radius 1 is 1.13 bits per heavy atom. The maximum Gasteiger partial charge on any atom is 0.277 e. The van der Waals surface area contributed by atoms with Gasteiger partial charge in [0, 0.05) is 16.3 Å². The fourth-order valence-electron chi connectivity index (χ4n) is 2.45. The fourth-order valence-corrected chi connectivity index (χ4v) is 3.00. The second-order valence-electron chi connectivity index (χ2n) is 5.98. The normalized spacial score (nSPS) is 16.5. The maximum absolute atomic E-state index is 12.8. The molecule has 0 bridgehead atoms. The summed E-state index contributed by atoms with van der Waals surface area (Å²) in [6.07, 6.45) is 1.03. The number of amides is 3. The number of ether oxygens (including phenoxy) is 1. The van der Waals surface area contributed by atoms with Crippen LogP contribution in [0.2, 0.25) is 10.0 Å². The van der Waals surface area contributed by atoms with Gasteiger partial charge in [-0.1, -0.05) is 23.2 Å². The van der Waals surface area contributed by atoms with Crippen LogP contribution in [0.3, 0.4) is 0 Å². The number of nitrogens with one attached hydrogen (secondary N) is 2. The third-order valence-electron chi connectivity index (χ3n) is 3.88. The zero-order valence-electron chi connectivity index (χ0n) is 15.2. The van der Waals surface area contributed by atoms with E-state index in [1.54, 1.807) is 48.5 Å². The molecule has 3 rings (SSSR count). The molecule has 0 spiro atoms. The van der Waals surface area contributed by atoms with E-state index in [-0.39, 0.29) is 11.7 Å². The lowest BCUT2D eigenvalue weighted by Gasteiger charge is -2.30. The standard InChI is InChI=1S/C19H14Cl2N4O4S/c20-11-1-5-13(6-2-11)25-18(28)15(17(27)23-19(25)30)9-22-24-16(26)10-29-14-7-3-12(21)4-8-14/h1-9,15H,10H2,(H,24,26)(H,23,27,30)/b22-9-/t15-/m1/s1. The van der Waals surface area contributed by atoms with Crippen LogP contribution in [0.1, 0.15) is 0 Å². The summed E-state index contributed by atoms with van der Waals surface area (Å²) in [7, 11) is 0. The molecule has 30 heavy (non-hydrogen) atoms.